The van der Waals surface area contributed by atoms with Gasteiger partial charge in [0, 0.05) is 50.0 Å². The number of rotatable bonds is 8. The third-order valence-corrected chi connectivity index (χ3v) is 4.06. The van der Waals surface area contributed by atoms with Crippen molar-refractivity contribution in [3.8, 4) is 11.5 Å². The smallest absolute Gasteiger partial charge is 0.162 e. The SMILES string of the molecule is CCOc1cccc(CN(Cc2ccncc2)Cc2cccnc2)c1O. The average molecular weight is 349 g/mol. The summed E-state index contributed by atoms with van der Waals surface area (Å²) in [6, 6.07) is 13.6. The molecule has 1 aromatic carbocycles. The Morgan fingerprint density at radius 1 is 0.885 bits per heavy atom. The van der Waals surface area contributed by atoms with Gasteiger partial charge in [0.1, 0.15) is 0 Å². The molecule has 0 atom stereocenters. The van der Waals surface area contributed by atoms with E-state index in [0.717, 1.165) is 24.2 Å². The van der Waals surface area contributed by atoms with E-state index in [1.165, 1.54) is 5.56 Å². The molecule has 3 rings (SSSR count). The minimum absolute atomic E-state index is 0.209. The number of hydrogen-bond acceptors (Lipinski definition) is 5. The predicted molar refractivity (Wildman–Crippen MR) is 101 cm³/mol. The average Bonchev–Trinajstić information content (AvgIpc) is 2.67. The van der Waals surface area contributed by atoms with Crippen LogP contribution in [0.4, 0.5) is 0 Å². The van der Waals surface area contributed by atoms with Crippen molar-refractivity contribution in [3.05, 3.63) is 83.9 Å². The highest BCUT2D eigenvalue weighted by atomic mass is 16.5. The van der Waals surface area contributed by atoms with Gasteiger partial charge < -0.3 is 9.84 Å². The zero-order chi connectivity index (χ0) is 18.2. The van der Waals surface area contributed by atoms with Gasteiger partial charge in [-0.05, 0) is 42.3 Å². The number of benzene rings is 1. The van der Waals surface area contributed by atoms with Crippen LogP contribution in [0, 0.1) is 0 Å². The van der Waals surface area contributed by atoms with Crippen LogP contribution in [0.3, 0.4) is 0 Å². The van der Waals surface area contributed by atoms with Gasteiger partial charge in [-0.15, -0.1) is 0 Å². The summed E-state index contributed by atoms with van der Waals surface area (Å²) >= 11 is 0. The molecule has 0 aliphatic heterocycles. The lowest BCUT2D eigenvalue weighted by molar-refractivity contribution is 0.241. The topological polar surface area (TPSA) is 58.5 Å². The Morgan fingerprint density at radius 2 is 1.69 bits per heavy atom. The van der Waals surface area contributed by atoms with Gasteiger partial charge in [0.05, 0.1) is 6.61 Å². The molecule has 0 saturated heterocycles. The maximum absolute atomic E-state index is 10.5. The first kappa shape index (κ1) is 17.9. The van der Waals surface area contributed by atoms with Gasteiger partial charge in [-0.1, -0.05) is 18.2 Å². The second-order valence-electron chi connectivity index (χ2n) is 6.06. The Balaban J connectivity index is 1.82. The van der Waals surface area contributed by atoms with Crippen molar-refractivity contribution in [3.63, 3.8) is 0 Å². The molecule has 26 heavy (non-hydrogen) atoms. The highest BCUT2D eigenvalue weighted by Crippen LogP contribution is 2.31. The van der Waals surface area contributed by atoms with Crippen LogP contribution in [0.15, 0.2) is 67.3 Å². The van der Waals surface area contributed by atoms with Crippen molar-refractivity contribution in [1.29, 1.82) is 0 Å². The monoisotopic (exact) mass is 349 g/mol. The van der Waals surface area contributed by atoms with E-state index in [1.54, 1.807) is 24.7 Å². The van der Waals surface area contributed by atoms with E-state index in [2.05, 4.69) is 20.9 Å². The quantitative estimate of drug-likeness (QED) is 0.671. The summed E-state index contributed by atoms with van der Waals surface area (Å²) in [4.78, 5) is 10.5. The van der Waals surface area contributed by atoms with Gasteiger partial charge in [-0.25, -0.2) is 0 Å². The molecule has 2 aromatic heterocycles. The van der Waals surface area contributed by atoms with Crippen molar-refractivity contribution in [2.75, 3.05) is 6.61 Å². The second-order valence-corrected chi connectivity index (χ2v) is 6.06. The van der Waals surface area contributed by atoms with E-state index in [0.29, 0.717) is 18.9 Å². The standard InChI is InChI=1S/C21H23N3O2/c1-2-26-20-7-3-6-19(21(20)25)16-24(14-17-8-11-22-12-9-17)15-18-5-4-10-23-13-18/h3-13,25H,2,14-16H2,1H3. The van der Waals surface area contributed by atoms with E-state index < -0.39 is 0 Å². The first-order valence-corrected chi connectivity index (χ1v) is 8.70. The fraction of sp³-hybridized carbons (Fsp3) is 0.238. The van der Waals surface area contributed by atoms with Crippen molar-refractivity contribution in [2.45, 2.75) is 26.6 Å². The van der Waals surface area contributed by atoms with E-state index in [9.17, 15) is 5.11 Å². The summed E-state index contributed by atoms with van der Waals surface area (Å²) in [5, 5.41) is 10.5. The minimum atomic E-state index is 0.209. The van der Waals surface area contributed by atoms with E-state index in [4.69, 9.17) is 4.74 Å². The summed E-state index contributed by atoms with van der Waals surface area (Å²) in [6.45, 7) is 4.51. The van der Waals surface area contributed by atoms with E-state index >= 15 is 0 Å². The number of aromatic nitrogens is 2. The van der Waals surface area contributed by atoms with Crippen molar-refractivity contribution < 1.29 is 9.84 Å². The molecule has 5 heteroatoms. The molecule has 0 spiro atoms. The third-order valence-electron chi connectivity index (χ3n) is 4.06. The summed E-state index contributed by atoms with van der Waals surface area (Å²) < 4.78 is 5.51. The highest BCUT2D eigenvalue weighted by molar-refractivity contribution is 5.45. The summed E-state index contributed by atoms with van der Waals surface area (Å²) in [5.74, 6) is 0.732. The molecule has 0 radical (unpaired) electrons. The van der Waals surface area contributed by atoms with Gasteiger partial charge in [0.2, 0.25) is 0 Å². The van der Waals surface area contributed by atoms with Gasteiger partial charge in [0.25, 0.3) is 0 Å². The Labute approximate surface area is 153 Å². The van der Waals surface area contributed by atoms with Gasteiger partial charge in [-0.2, -0.15) is 0 Å². The molecule has 3 aromatic rings. The van der Waals surface area contributed by atoms with Gasteiger partial charge in [0.15, 0.2) is 11.5 Å². The van der Waals surface area contributed by atoms with Crippen LogP contribution < -0.4 is 4.74 Å². The Bertz CT molecular complexity index is 768. The lowest BCUT2D eigenvalue weighted by Gasteiger charge is -2.23. The Hall–Kier alpha value is -2.92. The van der Waals surface area contributed by atoms with Crippen LogP contribution in [-0.2, 0) is 19.6 Å². The molecule has 5 nitrogen and oxygen atoms in total. The number of phenolic OH excluding ortho intramolecular Hbond substituents is 1. The highest BCUT2D eigenvalue weighted by Gasteiger charge is 2.14. The van der Waals surface area contributed by atoms with Crippen LogP contribution in [0.2, 0.25) is 0 Å². The maximum Gasteiger partial charge on any atom is 0.162 e. The predicted octanol–water partition coefficient (Wildman–Crippen LogP) is 3.78. The molecule has 0 saturated carbocycles. The maximum atomic E-state index is 10.5. The number of phenols is 1. The third kappa shape index (κ3) is 4.80. The molecule has 0 aliphatic carbocycles. The summed E-state index contributed by atoms with van der Waals surface area (Å²) in [6.07, 6.45) is 7.24. The molecule has 0 aliphatic rings. The number of aromatic hydroxyl groups is 1. The van der Waals surface area contributed by atoms with Crippen LogP contribution in [0.5, 0.6) is 11.5 Å². The molecule has 0 fully saturated rings. The van der Waals surface area contributed by atoms with E-state index in [-0.39, 0.29) is 5.75 Å². The van der Waals surface area contributed by atoms with Crippen molar-refractivity contribution in [2.24, 2.45) is 0 Å². The number of ether oxygens (including phenoxy) is 1. The molecule has 0 unspecified atom stereocenters. The number of pyridine rings is 2. The number of nitrogens with zero attached hydrogens (tertiary/aromatic N) is 3. The van der Waals surface area contributed by atoms with Crippen molar-refractivity contribution in [1.82, 2.24) is 14.9 Å². The molecular weight excluding hydrogens is 326 g/mol. The normalized spacial score (nSPS) is 10.8. The molecule has 0 bridgehead atoms. The summed E-state index contributed by atoms with van der Waals surface area (Å²) in [5.41, 5.74) is 3.14. The largest absolute Gasteiger partial charge is 0.504 e. The lowest BCUT2D eigenvalue weighted by Crippen LogP contribution is -2.22. The number of hydrogen-bond donors (Lipinski definition) is 1. The zero-order valence-electron chi connectivity index (χ0n) is 14.9. The lowest BCUT2D eigenvalue weighted by atomic mass is 10.1. The fourth-order valence-corrected chi connectivity index (χ4v) is 2.87. The fourth-order valence-electron chi connectivity index (χ4n) is 2.87. The molecule has 2 heterocycles. The first-order chi connectivity index (χ1) is 12.8. The van der Waals surface area contributed by atoms with Gasteiger partial charge >= 0.3 is 0 Å². The number of para-hydroxylation sites is 1. The Kier molecular flexibility index (Phi) is 6.17. The van der Waals surface area contributed by atoms with Crippen LogP contribution >= 0.6 is 0 Å². The molecule has 134 valence electrons. The molecule has 1 N–H and O–H groups in total. The second kappa shape index (κ2) is 8.97. The zero-order valence-corrected chi connectivity index (χ0v) is 14.9. The van der Waals surface area contributed by atoms with Crippen molar-refractivity contribution >= 4 is 0 Å². The van der Waals surface area contributed by atoms with E-state index in [1.807, 2.05) is 43.5 Å². The van der Waals surface area contributed by atoms with Gasteiger partial charge in [-0.3, -0.25) is 14.9 Å². The van der Waals surface area contributed by atoms with Crippen LogP contribution in [0.1, 0.15) is 23.6 Å². The molecular formula is C21H23N3O2. The molecule has 0 amide bonds. The summed E-state index contributed by atoms with van der Waals surface area (Å²) in [7, 11) is 0. The Morgan fingerprint density at radius 3 is 2.42 bits per heavy atom. The van der Waals surface area contributed by atoms with Crippen LogP contribution in [0.25, 0.3) is 0 Å². The van der Waals surface area contributed by atoms with Crippen LogP contribution in [-0.4, -0.2) is 26.6 Å². The minimum Gasteiger partial charge on any atom is -0.504 e. The first-order valence-electron chi connectivity index (χ1n) is 8.70.